The quantitative estimate of drug-likeness (QED) is 0.574. The van der Waals surface area contributed by atoms with Crippen molar-refractivity contribution >= 4 is 0 Å². The molecule has 0 spiro atoms. The van der Waals surface area contributed by atoms with Gasteiger partial charge >= 0.3 is 0 Å². The van der Waals surface area contributed by atoms with Crippen LogP contribution in [0.15, 0.2) is 6.07 Å². The van der Waals surface area contributed by atoms with Gasteiger partial charge in [0, 0.05) is 5.56 Å². The minimum Gasteiger partial charge on any atom is -0.207 e. The molecule has 0 radical (unpaired) electrons. The van der Waals surface area contributed by atoms with E-state index in [1.165, 1.54) is 6.92 Å². The van der Waals surface area contributed by atoms with Gasteiger partial charge in [-0.2, -0.15) is 0 Å². The first-order chi connectivity index (χ1) is 5.57. The Kier molecular flexibility index (Phi) is 2.40. The van der Waals surface area contributed by atoms with Crippen LogP contribution in [-0.4, -0.2) is 0 Å². The highest BCUT2D eigenvalue weighted by molar-refractivity contribution is 5.26. The molecule has 0 fully saturated rings. The smallest absolute Gasteiger partial charge is 0.165 e. The van der Waals surface area contributed by atoms with E-state index in [0.717, 1.165) is 6.07 Å². The average molecular weight is 174 g/mol. The fourth-order valence-electron chi connectivity index (χ4n) is 1.08. The summed E-state index contributed by atoms with van der Waals surface area (Å²) in [5.74, 6) is -2.68. The van der Waals surface area contributed by atoms with Crippen LogP contribution >= 0.6 is 0 Å². The van der Waals surface area contributed by atoms with E-state index in [4.69, 9.17) is 0 Å². The SMILES string of the molecule is CCc1c(F)cc(C)c(F)c1F. The van der Waals surface area contributed by atoms with Gasteiger partial charge in [-0.15, -0.1) is 0 Å². The highest BCUT2D eigenvalue weighted by Gasteiger charge is 2.14. The molecule has 66 valence electrons. The van der Waals surface area contributed by atoms with Crippen LogP contribution in [0.5, 0.6) is 0 Å². The Balaban J connectivity index is 3.40. The van der Waals surface area contributed by atoms with E-state index in [0.29, 0.717) is 0 Å². The van der Waals surface area contributed by atoms with Gasteiger partial charge in [-0.25, -0.2) is 13.2 Å². The van der Waals surface area contributed by atoms with Gasteiger partial charge in [-0.05, 0) is 25.0 Å². The molecule has 12 heavy (non-hydrogen) atoms. The lowest BCUT2D eigenvalue weighted by molar-refractivity contribution is 0.476. The van der Waals surface area contributed by atoms with Crippen LogP contribution in [0.3, 0.4) is 0 Å². The van der Waals surface area contributed by atoms with E-state index in [1.54, 1.807) is 6.92 Å². The monoisotopic (exact) mass is 174 g/mol. The van der Waals surface area contributed by atoms with Crippen molar-refractivity contribution in [2.75, 3.05) is 0 Å². The third-order valence-corrected chi connectivity index (χ3v) is 1.79. The predicted molar refractivity (Wildman–Crippen MR) is 40.4 cm³/mol. The number of hydrogen-bond acceptors (Lipinski definition) is 0. The highest BCUT2D eigenvalue weighted by atomic mass is 19.2. The third-order valence-electron chi connectivity index (χ3n) is 1.79. The predicted octanol–water partition coefficient (Wildman–Crippen LogP) is 2.97. The first-order valence-corrected chi connectivity index (χ1v) is 3.70. The summed E-state index contributed by atoms with van der Waals surface area (Å²) in [5.41, 5.74) is -0.180. The minimum atomic E-state index is -1.06. The maximum atomic E-state index is 12.9. The fourth-order valence-corrected chi connectivity index (χ4v) is 1.08. The van der Waals surface area contributed by atoms with Crippen molar-refractivity contribution in [2.24, 2.45) is 0 Å². The Morgan fingerprint density at radius 3 is 2.25 bits per heavy atom. The second-order valence-corrected chi connectivity index (χ2v) is 2.64. The molecule has 1 aromatic carbocycles. The van der Waals surface area contributed by atoms with Crippen molar-refractivity contribution in [3.05, 3.63) is 34.6 Å². The van der Waals surface area contributed by atoms with Gasteiger partial charge in [0.05, 0.1) is 0 Å². The lowest BCUT2D eigenvalue weighted by atomic mass is 10.1. The molecular weight excluding hydrogens is 165 g/mol. The summed E-state index contributed by atoms with van der Waals surface area (Å²) in [6.45, 7) is 2.91. The summed E-state index contributed by atoms with van der Waals surface area (Å²) in [4.78, 5) is 0. The Morgan fingerprint density at radius 1 is 1.17 bits per heavy atom. The van der Waals surface area contributed by atoms with E-state index in [9.17, 15) is 13.2 Å². The third kappa shape index (κ3) is 1.31. The number of hydrogen-bond donors (Lipinski definition) is 0. The summed E-state index contributed by atoms with van der Waals surface area (Å²) < 4.78 is 38.6. The van der Waals surface area contributed by atoms with Crippen LogP contribution in [0.2, 0.25) is 0 Å². The Hall–Kier alpha value is -0.990. The van der Waals surface area contributed by atoms with Crippen molar-refractivity contribution < 1.29 is 13.2 Å². The number of aryl methyl sites for hydroxylation is 1. The van der Waals surface area contributed by atoms with Gasteiger partial charge in [-0.1, -0.05) is 6.92 Å². The van der Waals surface area contributed by atoms with Crippen molar-refractivity contribution in [2.45, 2.75) is 20.3 Å². The molecule has 0 unspecified atom stereocenters. The van der Waals surface area contributed by atoms with Gasteiger partial charge in [0.15, 0.2) is 11.6 Å². The summed E-state index contributed by atoms with van der Waals surface area (Å²) in [7, 11) is 0. The second-order valence-electron chi connectivity index (χ2n) is 2.64. The van der Waals surface area contributed by atoms with Gasteiger partial charge in [0.25, 0.3) is 0 Å². The fraction of sp³-hybridized carbons (Fsp3) is 0.333. The lowest BCUT2D eigenvalue weighted by Crippen LogP contribution is -1.99. The van der Waals surface area contributed by atoms with Crippen LogP contribution in [0.4, 0.5) is 13.2 Å². The molecule has 0 aliphatic heterocycles. The zero-order valence-electron chi connectivity index (χ0n) is 6.92. The largest absolute Gasteiger partial charge is 0.207 e. The average Bonchev–Trinajstić information content (AvgIpc) is 2.01. The number of rotatable bonds is 1. The summed E-state index contributed by atoms with van der Waals surface area (Å²) in [5, 5.41) is 0. The molecule has 1 rings (SSSR count). The van der Waals surface area contributed by atoms with Crippen molar-refractivity contribution in [3.63, 3.8) is 0 Å². The molecule has 3 heteroatoms. The zero-order chi connectivity index (χ0) is 9.30. The summed E-state index contributed by atoms with van der Waals surface area (Å²) in [6, 6.07) is 1.01. The van der Waals surface area contributed by atoms with E-state index >= 15 is 0 Å². The molecule has 0 saturated heterocycles. The molecule has 0 aliphatic rings. The van der Waals surface area contributed by atoms with Crippen molar-refractivity contribution in [3.8, 4) is 0 Å². The van der Waals surface area contributed by atoms with Crippen LogP contribution < -0.4 is 0 Å². The van der Waals surface area contributed by atoms with E-state index in [1.807, 2.05) is 0 Å². The van der Waals surface area contributed by atoms with Crippen LogP contribution in [0.25, 0.3) is 0 Å². The summed E-state index contributed by atoms with van der Waals surface area (Å²) in [6.07, 6.45) is 0.162. The van der Waals surface area contributed by atoms with E-state index in [2.05, 4.69) is 0 Å². The highest BCUT2D eigenvalue weighted by Crippen LogP contribution is 2.19. The van der Waals surface area contributed by atoms with Gasteiger partial charge in [0.1, 0.15) is 5.82 Å². The molecule has 0 N–H and O–H groups in total. The molecule has 0 aliphatic carbocycles. The summed E-state index contributed by atoms with van der Waals surface area (Å²) >= 11 is 0. The molecule has 0 saturated carbocycles. The lowest BCUT2D eigenvalue weighted by Gasteiger charge is -2.04. The molecule has 0 aromatic heterocycles. The van der Waals surface area contributed by atoms with E-state index in [-0.39, 0.29) is 17.5 Å². The van der Waals surface area contributed by atoms with Crippen molar-refractivity contribution in [1.82, 2.24) is 0 Å². The maximum Gasteiger partial charge on any atom is 0.165 e. The van der Waals surface area contributed by atoms with Crippen LogP contribution in [0, 0.1) is 24.4 Å². The number of halogens is 3. The second kappa shape index (κ2) is 3.17. The van der Waals surface area contributed by atoms with Crippen LogP contribution in [0.1, 0.15) is 18.1 Å². The Labute approximate surface area is 69.0 Å². The first-order valence-electron chi connectivity index (χ1n) is 3.70. The van der Waals surface area contributed by atoms with Crippen LogP contribution in [-0.2, 0) is 6.42 Å². The minimum absolute atomic E-state index is 0.00204. The molecule has 0 atom stereocenters. The Bertz CT molecular complexity index is 305. The molecule has 0 nitrogen and oxygen atoms in total. The van der Waals surface area contributed by atoms with Gasteiger partial charge in [0.2, 0.25) is 0 Å². The molecule has 1 aromatic rings. The van der Waals surface area contributed by atoms with E-state index < -0.39 is 17.5 Å². The number of benzene rings is 1. The molecule has 0 amide bonds. The molecular formula is C9H9F3. The maximum absolute atomic E-state index is 12.9. The first kappa shape index (κ1) is 9.10. The molecule has 0 heterocycles. The van der Waals surface area contributed by atoms with Gasteiger partial charge in [-0.3, -0.25) is 0 Å². The zero-order valence-corrected chi connectivity index (χ0v) is 6.92. The Morgan fingerprint density at radius 2 is 1.75 bits per heavy atom. The van der Waals surface area contributed by atoms with Crippen molar-refractivity contribution in [1.29, 1.82) is 0 Å². The topological polar surface area (TPSA) is 0 Å². The normalized spacial score (nSPS) is 10.4. The van der Waals surface area contributed by atoms with Gasteiger partial charge < -0.3 is 0 Å². The standard InChI is InChI=1S/C9H9F3/c1-3-6-7(10)4-5(2)8(11)9(6)12/h4H,3H2,1-2H3. The molecule has 0 bridgehead atoms.